The van der Waals surface area contributed by atoms with Crippen molar-refractivity contribution in [3.05, 3.63) is 158 Å². The van der Waals surface area contributed by atoms with Crippen LogP contribution in [0.5, 0.6) is 0 Å². The fourth-order valence-corrected chi connectivity index (χ4v) is 8.03. The molecule has 0 bridgehead atoms. The molecule has 0 aromatic heterocycles. The van der Waals surface area contributed by atoms with Gasteiger partial charge in [-0.15, -0.1) is 0 Å². The first-order chi connectivity index (χ1) is 38.0. The number of carbonyl (C=O) groups excluding carboxylic acids is 3. The predicted octanol–water partition coefficient (Wildman–Crippen LogP) is 21.3. The van der Waals surface area contributed by atoms with Crippen molar-refractivity contribution >= 4 is 17.9 Å². The van der Waals surface area contributed by atoms with Crippen molar-refractivity contribution in [1.29, 1.82) is 0 Å². The van der Waals surface area contributed by atoms with E-state index in [-0.39, 0.29) is 31.6 Å². The standard InChI is InChI=1S/C71H112O6/c1-4-7-10-13-16-19-22-25-27-28-29-30-31-32-33-34-35-36-37-38-39-40-41-42-44-46-49-52-55-58-61-64-70(73)76-67-68(66-75-69(72)63-60-57-54-51-48-45-24-21-18-15-12-9-6-3)77-71(74)65-62-59-56-53-50-47-43-26-23-20-17-14-11-8-5-2/h7-12,16-21,25-27,29-30,32-33,43,45,48,50,53,59,62,68H,4-6,13-15,22-24,28,31,34-42,44,46-47,49,51-52,54-58,60-61,63-67H2,1-3H3/b10-7-,11-8-,12-9-,19-16-,20-17-,21-18-,27-25-,30-29-,33-32-,43-26-,48-45-,53-50-,62-59-. The molecule has 0 aliphatic rings. The van der Waals surface area contributed by atoms with E-state index < -0.39 is 12.1 Å². The molecule has 0 N–H and O–H groups in total. The van der Waals surface area contributed by atoms with Gasteiger partial charge in [0.1, 0.15) is 13.2 Å². The van der Waals surface area contributed by atoms with Gasteiger partial charge in [0, 0.05) is 12.8 Å². The molecule has 1 unspecified atom stereocenters. The third-order valence-corrected chi connectivity index (χ3v) is 12.5. The Morgan fingerprint density at radius 3 is 0.805 bits per heavy atom. The van der Waals surface area contributed by atoms with Gasteiger partial charge in [-0.05, 0) is 122 Å². The van der Waals surface area contributed by atoms with Crippen LogP contribution < -0.4 is 0 Å². The smallest absolute Gasteiger partial charge is 0.310 e. The zero-order valence-corrected chi connectivity index (χ0v) is 49.4. The number of rotatable bonds is 54. The maximum atomic E-state index is 12.8. The van der Waals surface area contributed by atoms with E-state index in [1.54, 1.807) is 6.08 Å². The molecule has 0 saturated heterocycles. The molecule has 0 fully saturated rings. The molecule has 0 aromatic rings. The topological polar surface area (TPSA) is 78.9 Å². The summed E-state index contributed by atoms with van der Waals surface area (Å²) in [6.45, 7) is 6.18. The molecule has 0 aromatic carbocycles. The van der Waals surface area contributed by atoms with Crippen LogP contribution in [0.1, 0.15) is 252 Å². The third-order valence-electron chi connectivity index (χ3n) is 12.5. The van der Waals surface area contributed by atoms with E-state index in [0.717, 1.165) is 122 Å². The first kappa shape index (κ1) is 72.0. The first-order valence-electron chi connectivity index (χ1n) is 31.0. The number of hydrogen-bond donors (Lipinski definition) is 0. The molecule has 0 radical (unpaired) electrons. The van der Waals surface area contributed by atoms with E-state index in [1.165, 1.54) is 83.5 Å². The van der Waals surface area contributed by atoms with Gasteiger partial charge < -0.3 is 14.2 Å². The molecule has 432 valence electrons. The quantitative estimate of drug-likeness (QED) is 0.0261. The molecule has 6 heteroatoms. The fourth-order valence-electron chi connectivity index (χ4n) is 8.03. The van der Waals surface area contributed by atoms with Crippen molar-refractivity contribution in [3.8, 4) is 0 Å². The minimum atomic E-state index is -0.851. The van der Waals surface area contributed by atoms with Crippen LogP contribution in [-0.2, 0) is 28.6 Å². The molecule has 0 spiro atoms. The summed E-state index contributed by atoms with van der Waals surface area (Å²) < 4.78 is 16.7. The fraction of sp³-hybridized carbons (Fsp3) is 0.592. The highest BCUT2D eigenvalue weighted by Gasteiger charge is 2.19. The van der Waals surface area contributed by atoms with E-state index in [1.807, 2.05) is 6.08 Å². The lowest BCUT2D eigenvalue weighted by molar-refractivity contribution is -0.166. The summed E-state index contributed by atoms with van der Waals surface area (Å²) >= 11 is 0. The summed E-state index contributed by atoms with van der Waals surface area (Å²) in [7, 11) is 0. The van der Waals surface area contributed by atoms with Gasteiger partial charge >= 0.3 is 17.9 Å². The molecule has 0 aliphatic carbocycles. The SMILES string of the molecule is CC/C=C\C/C=C\C/C=C\C/C=C\C/C=C\CCCCCCCCCCCCCCCCCC(=O)OCC(COC(=O)CCCCC/C=C\C/C=C\C/C=C\CC)OC(=O)C/C=C\C/C=C\C/C=C\C/C=C\C/C=C\CC. The van der Waals surface area contributed by atoms with Crippen LogP contribution in [0, 0.1) is 0 Å². The monoisotopic (exact) mass is 1060 g/mol. The number of esters is 3. The van der Waals surface area contributed by atoms with Crippen molar-refractivity contribution in [2.24, 2.45) is 0 Å². The normalized spacial score (nSPS) is 13.2. The molecule has 0 amide bonds. The van der Waals surface area contributed by atoms with Crippen molar-refractivity contribution in [1.82, 2.24) is 0 Å². The average molecular weight is 1060 g/mol. The maximum Gasteiger partial charge on any atom is 0.310 e. The lowest BCUT2D eigenvalue weighted by Crippen LogP contribution is -2.30. The summed E-state index contributed by atoms with van der Waals surface area (Å²) in [4.78, 5) is 38.1. The van der Waals surface area contributed by atoms with Gasteiger partial charge in [0.2, 0.25) is 0 Å². The van der Waals surface area contributed by atoms with Crippen LogP contribution in [0.25, 0.3) is 0 Å². The number of hydrogen-bond acceptors (Lipinski definition) is 6. The minimum absolute atomic E-state index is 0.0846. The lowest BCUT2D eigenvalue weighted by Gasteiger charge is -2.18. The Kier molecular flexibility index (Phi) is 59.5. The zero-order valence-electron chi connectivity index (χ0n) is 49.4. The number of carbonyl (C=O) groups is 3. The van der Waals surface area contributed by atoms with Gasteiger partial charge in [0.15, 0.2) is 6.10 Å². The summed E-state index contributed by atoms with van der Waals surface area (Å²) in [5.41, 5.74) is 0. The molecule has 0 rings (SSSR count). The Hall–Kier alpha value is -4.97. The summed E-state index contributed by atoms with van der Waals surface area (Å²) in [6.07, 6.45) is 92.9. The van der Waals surface area contributed by atoms with Crippen molar-refractivity contribution in [2.45, 2.75) is 258 Å². The highest BCUT2D eigenvalue weighted by Crippen LogP contribution is 2.15. The second-order valence-electron chi connectivity index (χ2n) is 19.8. The van der Waals surface area contributed by atoms with Gasteiger partial charge in [0.05, 0.1) is 6.42 Å². The molecule has 1 atom stereocenters. The number of ether oxygens (including phenoxy) is 3. The van der Waals surface area contributed by atoms with E-state index in [9.17, 15) is 14.4 Å². The molecule has 6 nitrogen and oxygen atoms in total. The van der Waals surface area contributed by atoms with Crippen molar-refractivity contribution in [2.75, 3.05) is 13.2 Å². The van der Waals surface area contributed by atoms with Crippen LogP contribution >= 0.6 is 0 Å². The minimum Gasteiger partial charge on any atom is -0.462 e. The first-order valence-corrected chi connectivity index (χ1v) is 31.0. The number of allylic oxidation sites excluding steroid dienone is 25. The second-order valence-corrected chi connectivity index (χ2v) is 19.8. The molecule has 0 aliphatic heterocycles. The van der Waals surface area contributed by atoms with Gasteiger partial charge in [-0.25, -0.2) is 0 Å². The molecule has 0 saturated carbocycles. The summed E-state index contributed by atoms with van der Waals surface area (Å²) in [5, 5.41) is 0. The summed E-state index contributed by atoms with van der Waals surface area (Å²) in [5.74, 6) is -1.10. The lowest BCUT2D eigenvalue weighted by atomic mass is 10.0. The van der Waals surface area contributed by atoms with Crippen LogP contribution in [0.3, 0.4) is 0 Å². The molecule has 77 heavy (non-hydrogen) atoms. The van der Waals surface area contributed by atoms with Crippen LogP contribution in [0.4, 0.5) is 0 Å². The van der Waals surface area contributed by atoms with Crippen LogP contribution in [-0.4, -0.2) is 37.2 Å². The largest absolute Gasteiger partial charge is 0.462 e. The molecule has 0 heterocycles. The highest BCUT2D eigenvalue weighted by atomic mass is 16.6. The van der Waals surface area contributed by atoms with E-state index in [2.05, 4.69) is 167 Å². The Morgan fingerprint density at radius 2 is 0.506 bits per heavy atom. The van der Waals surface area contributed by atoms with E-state index in [4.69, 9.17) is 14.2 Å². The Morgan fingerprint density at radius 1 is 0.273 bits per heavy atom. The third kappa shape index (κ3) is 61.8. The Balaban J connectivity index is 4.30. The van der Waals surface area contributed by atoms with E-state index >= 15 is 0 Å². The van der Waals surface area contributed by atoms with Gasteiger partial charge in [-0.1, -0.05) is 269 Å². The van der Waals surface area contributed by atoms with Crippen LogP contribution in [0.2, 0.25) is 0 Å². The Bertz CT molecular complexity index is 1740. The van der Waals surface area contributed by atoms with Gasteiger partial charge in [0.25, 0.3) is 0 Å². The predicted molar refractivity (Wildman–Crippen MR) is 334 cm³/mol. The van der Waals surface area contributed by atoms with E-state index in [0.29, 0.717) is 19.3 Å². The van der Waals surface area contributed by atoms with Crippen LogP contribution in [0.15, 0.2) is 158 Å². The van der Waals surface area contributed by atoms with Crippen molar-refractivity contribution < 1.29 is 28.6 Å². The summed E-state index contributed by atoms with van der Waals surface area (Å²) in [6, 6.07) is 0. The maximum absolute atomic E-state index is 12.8. The molecular formula is C71H112O6. The molecular weight excluding hydrogens is 949 g/mol. The number of unbranched alkanes of at least 4 members (excludes halogenated alkanes) is 18. The van der Waals surface area contributed by atoms with Gasteiger partial charge in [-0.3, -0.25) is 14.4 Å². The second kappa shape index (κ2) is 63.6. The Labute approximate surface area is 473 Å². The highest BCUT2D eigenvalue weighted by molar-refractivity contribution is 5.72. The zero-order chi connectivity index (χ0) is 55.7. The van der Waals surface area contributed by atoms with Gasteiger partial charge in [-0.2, -0.15) is 0 Å². The van der Waals surface area contributed by atoms with Crippen molar-refractivity contribution in [3.63, 3.8) is 0 Å². The average Bonchev–Trinajstić information content (AvgIpc) is 3.43.